The molecule has 1 aromatic rings. The highest BCUT2D eigenvalue weighted by molar-refractivity contribution is 5.50. The Kier molecular flexibility index (Phi) is 6.80. The van der Waals surface area contributed by atoms with E-state index >= 15 is 0 Å². The Labute approximate surface area is 103 Å². The number of hydrogen-bond acceptors (Lipinski definition) is 2. The van der Waals surface area contributed by atoms with E-state index in [1.54, 1.807) is 0 Å². The SMILES string of the molecule is CCCCCC(C=Cc1ccccc1)OC=O. The van der Waals surface area contributed by atoms with Crippen LogP contribution in [-0.2, 0) is 9.53 Å². The van der Waals surface area contributed by atoms with Gasteiger partial charge in [0.1, 0.15) is 6.10 Å². The lowest BCUT2D eigenvalue weighted by Gasteiger charge is -2.10. The van der Waals surface area contributed by atoms with E-state index < -0.39 is 0 Å². The van der Waals surface area contributed by atoms with Crippen molar-refractivity contribution in [3.8, 4) is 0 Å². The third-order valence-corrected chi connectivity index (χ3v) is 2.63. The van der Waals surface area contributed by atoms with E-state index in [-0.39, 0.29) is 6.10 Å². The first-order valence-corrected chi connectivity index (χ1v) is 6.19. The molecule has 92 valence electrons. The summed E-state index contributed by atoms with van der Waals surface area (Å²) in [7, 11) is 0. The van der Waals surface area contributed by atoms with Gasteiger partial charge in [-0.1, -0.05) is 56.2 Å². The van der Waals surface area contributed by atoms with Crippen LogP contribution in [0.25, 0.3) is 6.08 Å². The minimum Gasteiger partial charge on any atom is -0.460 e. The summed E-state index contributed by atoms with van der Waals surface area (Å²) in [5, 5.41) is 0. The highest BCUT2D eigenvalue weighted by Gasteiger charge is 2.03. The van der Waals surface area contributed by atoms with Crippen molar-refractivity contribution in [1.82, 2.24) is 0 Å². The van der Waals surface area contributed by atoms with Crippen molar-refractivity contribution >= 4 is 12.5 Å². The van der Waals surface area contributed by atoms with Gasteiger partial charge in [-0.3, -0.25) is 4.79 Å². The third kappa shape index (κ3) is 5.91. The fourth-order valence-electron chi connectivity index (χ4n) is 1.66. The molecule has 0 saturated carbocycles. The summed E-state index contributed by atoms with van der Waals surface area (Å²) in [5.41, 5.74) is 1.13. The molecular weight excluding hydrogens is 212 g/mol. The Morgan fingerprint density at radius 2 is 2.00 bits per heavy atom. The van der Waals surface area contributed by atoms with Gasteiger partial charge in [0.2, 0.25) is 0 Å². The van der Waals surface area contributed by atoms with Gasteiger partial charge in [-0.25, -0.2) is 0 Å². The van der Waals surface area contributed by atoms with Crippen LogP contribution in [0.2, 0.25) is 0 Å². The molecule has 0 amide bonds. The van der Waals surface area contributed by atoms with Crippen molar-refractivity contribution in [2.75, 3.05) is 0 Å². The first kappa shape index (κ1) is 13.5. The molecule has 0 aliphatic heterocycles. The zero-order chi connectivity index (χ0) is 12.3. The van der Waals surface area contributed by atoms with Gasteiger partial charge in [0.25, 0.3) is 6.47 Å². The second kappa shape index (κ2) is 8.57. The topological polar surface area (TPSA) is 26.3 Å². The monoisotopic (exact) mass is 232 g/mol. The minimum absolute atomic E-state index is 0.0979. The summed E-state index contributed by atoms with van der Waals surface area (Å²) in [5.74, 6) is 0. The van der Waals surface area contributed by atoms with Crippen LogP contribution in [0.5, 0.6) is 0 Å². The molecule has 0 fully saturated rings. The van der Waals surface area contributed by atoms with Crippen molar-refractivity contribution in [2.24, 2.45) is 0 Å². The maximum Gasteiger partial charge on any atom is 0.293 e. The average molecular weight is 232 g/mol. The van der Waals surface area contributed by atoms with Crippen LogP contribution in [0.3, 0.4) is 0 Å². The lowest BCUT2D eigenvalue weighted by Crippen LogP contribution is -2.08. The fraction of sp³-hybridized carbons (Fsp3) is 0.400. The molecule has 0 aliphatic rings. The Morgan fingerprint density at radius 3 is 2.65 bits per heavy atom. The Hall–Kier alpha value is -1.57. The van der Waals surface area contributed by atoms with Gasteiger partial charge in [-0.2, -0.15) is 0 Å². The lowest BCUT2D eigenvalue weighted by atomic mass is 10.1. The number of carbonyl (C=O) groups is 1. The molecule has 0 heterocycles. The number of hydrogen-bond donors (Lipinski definition) is 0. The van der Waals surface area contributed by atoms with Crippen LogP contribution in [0, 0.1) is 0 Å². The van der Waals surface area contributed by atoms with Crippen LogP contribution in [0.4, 0.5) is 0 Å². The van der Waals surface area contributed by atoms with Crippen molar-refractivity contribution < 1.29 is 9.53 Å². The summed E-state index contributed by atoms with van der Waals surface area (Å²) >= 11 is 0. The predicted molar refractivity (Wildman–Crippen MR) is 70.6 cm³/mol. The molecule has 0 N–H and O–H groups in total. The second-order valence-corrected chi connectivity index (χ2v) is 4.04. The molecule has 17 heavy (non-hydrogen) atoms. The molecule has 1 unspecified atom stereocenters. The van der Waals surface area contributed by atoms with Gasteiger partial charge in [-0.15, -0.1) is 0 Å². The van der Waals surface area contributed by atoms with E-state index in [4.69, 9.17) is 4.74 Å². The van der Waals surface area contributed by atoms with Gasteiger partial charge < -0.3 is 4.74 Å². The van der Waals surface area contributed by atoms with Gasteiger partial charge in [0, 0.05) is 0 Å². The Balaban J connectivity index is 2.47. The lowest BCUT2D eigenvalue weighted by molar-refractivity contribution is -0.131. The number of carbonyl (C=O) groups excluding carboxylic acids is 1. The minimum atomic E-state index is -0.0979. The van der Waals surface area contributed by atoms with Crippen LogP contribution in [0.1, 0.15) is 38.2 Å². The zero-order valence-electron chi connectivity index (χ0n) is 10.3. The van der Waals surface area contributed by atoms with Gasteiger partial charge in [0.05, 0.1) is 0 Å². The average Bonchev–Trinajstić information content (AvgIpc) is 2.37. The normalized spacial score (nSPS) is 12.5. The van der Waals surface area contributed by atoms with Crippen LogP contribution >= 0.6 is 0 Å². The quantitative estimate of drug-likeness (QED) is 0.503. The zero-order valence-corrected chi connectivity index (χ0v) is 10.3. The number of ether oxygens (including phenoxy) is 1. The number of rotatable bonds is 8. The molecule has 2 nitrogen and oxygen atoms in total. The number of benzene rings is 1. The largest absolute Gasteiger partial charge is 0.460 e. The van der Waals surface area contributed by atoms with Gasteiger partial charge in [0.15, 0.2) is 0 Å². The van der Waals surface area contributed by atoms with E-state index in [0.717, 1.165) is 18.4 Å². The van der Waals surface area contributed by atoms with E-state index in [1.807, 2.05) is 42.5 Å². The standard InChI is InChI=1S/C15H20O2/c1-2-3-5-10-15(17-13-16)12-11-14-8-6-4-7-9-14/h4,6-9,11-13,15H,2-3,5,10H2,1H3. The van der Waals surface area contributed by atoms with E-state index in [0.29, 0.717) is 6.47 Å². The molecule has 0 aliphatic carbocycles. The van der Waals surface area contributed by atoms with E-state index in [9.17, 15) is 4.79 Å². The highest BCUT2D eigenvalue weighted by Crippen LogP contribution is 2.10. The molecular formula is C15H20O2. The summed E-state index contributed by atoms with van der Waals surface area (Å²) in [6.07, 6.45) is 8.21. The smallest absolute Gasteiger partial charge is 0.293 e. The van der Waals surface area contributed by atoms with Crippen molar-refractivity contribution in [3.05, 3.63) is 42.0 Å². The summed E-state index contributed by atoms with van der Waals surface area (Å²) < 4.78 is 5.04. The molecule has 0 aromatic heterocycles. The Bertz CT molecular complexity index is 330. The summed E-state index contributed by atoms with van der Waals surface area (Å²) in [4.78, 5) is 10.4. The van der Waals surface area contributed by atoms with Crippen molar-refractivity contribution in [1.29, 1.82) is 0 Å². The van der Waals surface area contributed by atoms with E-state index in [2.05, 4.69) is 6.92 Å². The van der Waals surface area contributed by atoms with Crippen molar-refractivity contribution in [3.63, 3.8) is 0 Å². The fourth-order valence-corrected chi connectivity index (χ4v) is 1.66. The first-order valence-electron chi connectivity index (χ1n) is 6.19. The summed E-state index contributed by atoms with van der Waals surface area (Å²) in [6, 6.07) is 10.0. The maximum absolute atomic E-state index is 10.4. The van der Waals surface area contributed by atoms with Crippen LogP contribution in [-0.4, -0.2) is 12.6 Å². The Morgan fingerprint density at radius 1 is 1.24 bits per heavy atom. The van der Waals surface area contributed by atoms with Gasteiger partial charge >= 0.3 is 0 Å². The summed E-state index contributed by atoms with van der Waals surface area (Å²) in [6.45, 7) is 2.70. The molecule has 0 bridgehead atoms. The van der Waals surface area contributed by atoms with Crippen LogP contribution < -0.4 is 0 Å². The predicted octanol–water partition coefficient (Wildman–Crippen LogP) is 3.82. The molecule has 0 saturated heterocycles. The molecule has 1 rings (SSSR count). The van der Waals surface area contributed by atoms with Gasteiger partial charge in [-0.05, 0) is 24.5 Å². The molecule has 1 aromatic carbocycles. The third-order valence-electron chi connectivity index (χ3n) is 2.63. The van der Waals surface area contributed by atoms with E-state index in [1.165, 1.54) is 12.8 Å². The molecule has 0 radical (unpaired) electrons. The van der Waals surface area contributed by atoms with Crippen LogP contribution in [0.15, 0.2) is 36.4 Å². The highest BCUT2D eigenvalue weighted by atomic mass is 16.5. The first-order chi connectivity index (χ1) is 8.36. The molecule has 2 heteroatoms. The maximum atomic E-state index is 10.4. The molecule has 1 atom stereocenters. The van der Waals surface area contributed by atoms with Crippen molar-refractivity contribution in [2.45, 2.75) is 38.7 Å². The number of unbranched alkanes of at least 4 members (excludes halogenated alkanes) is 2. The molecule has 0 spiro atoms. The second-order valence-electron chi connectivity index (χ2n) is 4.04.